The number of aliphatic hydroxyl groups excluding tert-OH is 1. The average molecular weight is 342 g/mol. The van der Waals surface area contributed by atoms with Crippen molar-refractivity contribution in [2.45, 2.75) is 43.8 Å². The normalized spacial score (nSPS) is 19.8. The molecule has 0 spiro atoms. The summed E-state index contributed by atoms with van der Waals surface area (Å²) in [6.45, 7) is 7.27. The Kier molecular flexibility index (Phi) is 4.83. The molecule has 0 atom stereocenters. The van der Waals surface area contributed by atoms with Gasteiger partial charge in [0.2, 0.25) is 0 Å². The molecule has 6 nitrogen and oxygen atoms in total. The van der Waals surface area contributed by atoms with E-state index in [2.05, 4.69) is 0 Å². The van der Waals surface area contributed by atoms with Gasteiger partial charge < -0.3 is 19.2 Å². The van der Waals surface area contributed by atoms with E-state index in [1.807, 2.05) is 27.7 Å². The van der Waals surface area contributed by atoms with Crippen molar-refractivity contribution in [1.82, 2.24) is 0 Å². The van der Waals surface area contributed by atoms with Crippen LogP contribution in [0.15, 0.2) is 23.1 Å². The summed E-state index contributed by atoms with van der Waals surface area (Å²) in [5.41, 5.74) is -0.426. The molecule has 1 heterocycles. The number of rotatable bonds is 5. The minimum atomic E-state index is -3.65. The number of methoxy groups -OCH3 is 1. The molecule has 1 N–H and O–H groups in total. The Hall–Kier alpha value is -1.09. The minimum Gasteiger partial charge on any atom is -0.495 e. The maximum Gasteiger partial charge on any atom is 0.494 e. The smallest absolute Gasteiger partial charge is 0.494 e. The largest absolute Gasteiger partial charge is 0.495 e. The second-order valence-corrected chi connectivity index (χ2v) is 8.62. The maximum atomic E-state index is 12.3. The zero-order valence-electron chi connectivity index (χ0n) is 14.1. The van der Waals surface area contributed by atoms with Crippen molar-refractivity contribution in [2.24, 2.45) is 0 Å². The highest BCUT2D eigenvalue weighted by atomic mass is 32.2. The van der Waals surface area contributed by atoms with E-state index in [1.165, 1.54) is 13.2 Å². The molecule has 0 aliphatic carbocycles. The van der Waals surface area contributed by atoms with Crippen molar-refractivity contribution in [3.8, 4) is 5.75 Å². The van der Waals surface area contributed by atoms with E-state index in [0.29, 0.717) is 5.46 Å². The van der Waals surface area contributed by atoms with Gasteiger partial charge in [-0.1, -0.05) is 6.07 Å². The molecule has 1 saturated heterocycles. The molecule has 0 bridgehead atoms. The zero-order chi connectivity index (χ0) is 17.5. The lowest BCUT2D eigenvalue weighted by atomic mass is 9.79. The summed E-state index contributed by atoms with van der Waals surface area (Å²) in [5.74, 6) is -0.130. The molecular formula is C15H23BO6S. The molecule has 8 heteroatoms. The van der Waals surface area contributed by atoms with Crippen LogP contribution in [0.2, 0.25) is 0 Å². The third kappa shape index (κ3) is 3.40. The van der Waals surface area contributed by atoms with E-state index in [-0.39, 0.29) is 16.4 Å². The minimum absolute atomic E-state index is 0.0289. The molecule has 128 valence electrons. The fraction of sp³-hybridized carbons (Fsp3) is 0.600. The van der Waals surface area contributed by atoms with E-state index in [0.717, 1.165) is 0 Å². The Morgan fingerprint density at radius 3 is 2.22 bits per heavy atom. The standard InChI is InChI=1S/C15H23BO6S/c1-14(2)15(3,4)22-16(21-14)11-6-7-12(20-5)13(10-11)23(18,19)9-8-17/h6-7,10,17H,8-9H2,1-5H3. The maximum absolute atomic E-state index is 12.3. The number of hydrogen-bond acceptors (Lipinski definition) is 6. The highest BCUT2D eigenvalue weighted by Crippen LogP contribution is 2.37. The quantitative estimate of drug-likeness (QED) is 0.796. The van der Waals surface area contributed by atoms with Crippen LogP contribution in [-0.2, 0) is 19.1 Å². The first-order chi connectivity index (χ1) is 10.5. The first kappa shape index (κ1) is 18.3. The number of aliphatic hydroxyl groups is 1. The molecule has 0 amide bonds. The monoisotopic (exact) mass is 342 g/mol. The van der Waals surface area contributed by atoms with Gasteiger partial charge in [-0.25, -0.2) is 8.42 Å². The van der Waals surface area contributed by atoms with E-state index < -0.39 is 34.8 Å². The summed E-state index contributed by atoms with van der Waals surface area (Å²) in [7, 11) is -2.90. The molecule has 23 heavy (non-hydrogen) atoms. The SMILES string of the molecule is COc1ccc(B2OC(C)(C)C(C)(C)O2)cc1S(=O)(=O)CCO. The van der Waals surface area contributed by atoms with Gasteiger partial charge in [-0.05, 0) is 45.3 Å². The van der Waals surface area contributed by atoms with E-state index in [4.69, 9.17) is 19.2 Å². The van der Waals surface area contributed by atoms with Crippen LogP contribution in [-0.4, -0.2) is 51.3 Å². The molecule has 1 aromatic rings. The van der Waals surface area contributed by atoms with Gasteiger partial charge in [0.15, 0.2) is 9.84 Å². The van der Waals surface area contributed by atoms with Crippen molar-refractivity contribution in [2.75, 3.05) is 19.5 Å². The molecule has 0 unspecified atom stereocenters. The lowest BCUT2D eigenvalue weighted by molar-refractivity contribution is 0.00578. The zero-order valence-corrected chi connectivity index (χ0v) is 14.9. The summed E-state index contributed by atoms with van der Waals surface area (Å²) in [5, 5.41) is 8.98. The van der Waals surface area contributed by atoms with Crippen LogP contribution in [0.5, 0.6) is 5.75 Å². The summed E-state index contributed by atoms with van der Waals surface area (Å²) < 4.78 is 41.6. The van der Waals surface area contributed by atoms with Crippen molar-refractivity contribution < 1.29 is 27.6 Å². The molecule has 1 aromatic carbocycles. The van der Waals surface area contributed by atoms with Crippen LogP contribution < -0.4 is 10.2 Å². The summed E-state index contributed by atoms with van der Waals surface area (Å²) in [6, 6.07) is 4.79. The van der Waals surface area contributed by atoms with Gasteiger partial charge in [-0.3, -0.25) is 0 Å². The van der Waals surface area contributed by atoms with Crippen molar-refractivity contribution in [3.05, 3.63) is 18.2 Å². The number of benzene rings is 1. The van der Waals surface area contributed by atoms with E-state index in [1.54, 1.807) is 12.1 Å². The van der Waals surface area contributed by atoms with E-state index in [9.17, 15) is 8.42 Å². The Morgan fingerprint density at radius 1 is 1.17 bits per heavy atom. The first-order valence-electron chi connectivity index (χ1n) is 7.41. The van der Waals surface area contributed by atoms with Gasteiger partial charge in [0, 0.05) is 0 Å². The van der Waals surface area contributed by atoms with Crippen LogP contribution in [0.4, 0.5) is 0 Å². The predicted molar refractivity (Wildman–Crippen MR) is 87.8 cm³/mol. The number of sulfone groups is 1. The van der Waals surface area contributed by atoms with Crippen molar-refractivity contribution >= 4 is 22.4 Å². The molecular weight excluding hydrogens is 319 g/mol. The molecule has 1 aliphatic heterocycles. The molecule has 0 saturated carbocycles. The Morgan fingerprint density at radius 2 is 1.74 bits per heavy atom. The second kappa shape index (κ2) is 6.09. The van der Waals surface area contributed by atoms with E-state index >= 15 is 0 Å². The molecule has 1 aliphatic rings. The lowest BCUT2D eigenvalue weighted by Crippen LogP contribution is -2.41. The fourth-order valence-corrected chi connectivity index (χ4v) is 3.53. The molecule has 0 aromatic heterocycles. The number of hydrogen-bond donors (Lipinski definition) is 1. The summed E-state index contributed by atoms with van der Waals surface area (Å²) >= 11 is 0. The lowest BCUT2D eigenvalue weighted by Gasteiger charge is -2.32. The van der Waals surface area contributed by atoms with Gasteiger partial charge >= 0.3 is 7.12 Å². The van der Waals surface area contributed by atoms with Crippen LogP contribution >= 0.6 is 0 Å². The van der Waals surface area contributed by atoms with Gasteiger partial charge in [-0.2, -0.15) is 0 Å². The third-order valence-electron chi connectivity index (χ3n) is 4.41. The van der Waals surface area contributed by atoms with Crippen molar-refractivity contribution in [1.29, 1.82) is 0 Å². The topological polar surface area (TPSA) is 82.1 Å². The first-order valence-corrected chi connectivity index (χ1v) is 9.06. The summed E-state index contributed by atoms with van der Waals surface area (Å²) in [6.07, 6.45) is 0. The highest BCUT2D eigenvalue weighted by molar-refractivity contribution is 7.91. The summed E-state index contributed by atoms with van der Waals surface area (Å²) in [4.78, 5) is 0.0289. The predicted octanol–water partition coefficient (Wildman–Crippen LogP) is 0.760. The van der Waals surface area contributed by atoms with Gasteiger partial charge in [0.05, 0.1) is 30.7 Å². The second-order valence-electron chi connectivity index (χ2n) is 6.54. The molecule has 0 radical (unpaired) electrons. The van der Waals surface area contributed by atoms with Gasteiger partial charge in [-0.15, -0.1) is 0 Å². The van der Waals surface area contributed by atoms with Gasteiger partial charge in [0.1, 0.15) is 10.6 Å². The molecule has 2 rings (SSSR count). The van der Waals surface area contributed by atoms with Crippen molar-refractivity contribution in [3.63, 3.8) is 0 Å². The Balaban J connectivity index is 2.44. The van der Waals surface area contributed by atoms with Gasteiger partial charge in [0.25, 0.3) is 0 Å². The van der Waals surface area contributed by atoms with Crippen LogP contribution in [0.3, 0.4) is 0 Å². The average Bonchev–Trinajstić information content (AvgIpc) is 2.66. The molecule has 1 fully saturated rings. The van der Waals surface area contributed by atoms with Crippen LogP contribution in [0, 0.1) is 0 Å². The highest BCUT2D eigenvalue weighted by Gasteiger charge is 2.51. The Bertz CT molecular complexity index is 667. The third-order valence-corrected chi connectivity index (χ3v) is 6.12. The Labute approximate surface area is 137 Å². The van der Waals surface area contributed by atoms with Crippen LogP contribution in [0.1, 0.15) is 27.7 Å². The number of ether oxygens (including phenoxy) is 1. The fourth-order valence-electron chi connectivity index (χ4n) is 2.29. The van der Waals surface area contributed by atoms with Crippen LogP contribution in [0.25, 0.3) is 0 Å².